The Balaban J connectivity index is 2.37. The van der Waals surface area contributed by atoms with Crippen molar-refractivity contribution in [3.8, 4) is 17.2 Å². The van der Waals surface area contributed by atoms with Crippen LogP contribution in [-0.4, -0.2) is 48.0 Å². The summed E-state index contributed by atoms with van der Waals surface area (Å²) in [6.07, 6.45) is 0. The van der Waals surface area contributed by atoms with E-state index in [4.69, 9.17) is 9.84 Å². The van der Waals surface area contributed by atoms with E-state index in [0.29, 0.717) is 18.7 Å². The molecule has 0 radical (unpaired) electrons. The van der Waals surface area contributed by atoms with Gasteiger partial charge in [-0.15, -0.1) is 0 Å². The Morgan fingerprint density at radius 2 is 2.00 bits per heavy atom. The van der Waals surface area contributed by atoms with Crippen LogP contribution in [0.25, 0.3) is 0 Å². The number of phenols is 3. The average Bonchev–Trinajstić information content (AvgIpc) is 2.39. The molecule has 0 spiro atoms. The van der Waals surface area contributed by atoms with E-state index in [0.717, 1.165) is 0 Å². The lowest BCUT2D eigenvalue weighted by atomic mass is 10.1. The van der Waals surface area contributed by atoms with E-state index < -0.39 is 17.2 Å². The number of carbonyl (C=O) groups is 1. The normalized spacial score (nSPS) is 10.4. The number of hydrogen-bond donors (Lipinski definition) is 5. The third-order valence-corrected chi connectivity index (χ3v) is 2.44. The number of benzene rings is 1. The fourth-order valence-corrected chi connectivity index (χ4v) is 1.42. The van der Waals surface area contributed by atoms with Gasteiger partial charge < -0.3 is 30.7 Å². The van der Waals surface area contributed by atoms with Gasteiger partial charge in [0.25, 0.3) is 0 Å². The summed E-state index contributed by atoms with van der Waals surface area (Å²) in [6.45, 7) is 1.14. The second-order valence-electron chi connectivity index (χ2n) is 3.89. The second-order valence-corrected chi connectivity index (χ2v) is 3.89. The van der Waals surface area contributed by atoms with E-state index in [2.05, 4.69) is 10.6 Å². The van der Waals surface area contributed by atoms with Crippen molar-refractivity contribution < 1.29 is 24.9 Å². The van der Waals surface area contributed by atoms with Crippen LogP contribution in [0.3, 0.4) is 0 Å². The van der Waals surface area contributed by atoms with Gasteiger partial charge in [0.15, 0.2) is 11.5 Å². The van der Waals surface area contributed by atoms with Gasteiger partial charge in [-0.25, -0.2) is 0 Å². The lowest BCUT2D eigenvalue weighted by Gasteiger charge is -2.09. The van der Waals surface area contributed by atoms with E-state index in [1.54, 1.807) is 7.11 Å². The first-order chi connectivity index (χ1) is 9.06. The molecular weight excluding hydrogens is 252 g/mol. The van der Waals surface area contributed by atoms with Crippen molar-refractivity contribution >= 4 is 5.91 Å². The molecule has 0 aliphatic carbocycles. The SMILES string of the molecule is COCCNC(=O)CNCc1ccc(O)c(O)c1O. The molecule has 1 aromatic rings. The minimum Gasteiger partial charge on any atom is -0.504 e. The molecule has 106 valence electrons. The average molecular weight is 270 g/mol. The van der Waals surface area contributed by atoms with Gasteiger partial charge in [0, 0.05) is 25.8 Å². The van der Waals surface area contributed by atoms with Crippen LogP contribution >= 0.6 is 0 Å². The van der Waals surface area contributed by atoms with E-state index >= 15 is 0 Å². The first kappa shape index (κ1) is 15.1. The Bertz CT molecular complexity index is 436. The number of rotatable bonds is 7. The minimum atomic E-state index is -0.566. The van der Waals surface area contributed by atoms with Gasteiger partial charge in [-0.1, -0.05) is 6.07 Å². The standard InChI is InChI=1S/C12H18N2O5/c1-19-5-4-14-10(16)7-13-6-8-2-3-9(15)12(18)11(8)17/h2-3,13,15,17-18H,4-7H2,1H3,(H,14,16). The van der Waals surface area contributed by atoms with Gasteiger partial charge in [0.1, 0.15) is 0 Å². The van der Waals surface area contributed by atoms with E-state index in [1.807, 2.05) is 0 Å². The summed E-state index contributed by atoms with van der Waals surface area (Å²) in [4.78, 5) is 11.3. The highest BCUT2D eigenvalue weighted by Crippen LogP contribution is 2.36. The topological polar surface area (TPSA) is 111 Å². The number of aromatic hydroxyl groups is 3. The Labute approximate surface area is 110 Å². The predicted octanol–water partition coefficient (Wildman–Crippen LogP) is -0.344. The van der Waals surface area contributed by atoms with Gasteiger partial charge in [-0.3, -0.25) is 4.79 Å². The van der Waals surface area contributed by atoms with Crippen LogP contribution in [0, 0.1) is 0 Å². The van der Waals surface area contributed by atoms with Crippen LogP contribution in [0.5, 0.6) is 17.2 Å². The van der Waals surface area contributed by atoms with Crippen LogP contribution in [0.1, 0.15) is 5.56 Å². The van der Waals surface area contributed by atoms with Gasteiger partial charge in [-0.2, -0.15) is 0 Å². The number of phenolic OH excluding ortho intramolecular Hbond substituents is 3. The third-order valence-electron chi connectivity index (χ3n) is 2.44. The maximum absolute atomic E-state index is 11.3. The highest BCUT2D eigenvalue weighted by molar-refractivity contribution is 5.77. The van der Waals surface area contributed by atoms with Crippen molar-refractivity contribution in [1.29, 1.82) is 0 Å². The number of ether oxygens (including phenoxy) is 1. The minimum absolute atomic E-state index is 0.0742. The molecule has 0 aliphatic heterocycles. The van der Waals surface area contributed by atoms with Crippen molar-refractivity contribution in [2.24, 2.45) is 0 Å². The Hall–Kier alpha value is -1.99. The summed E-state index contributed by atoms with van der Waals surface area (Å²) in [7, 11) is 1.55. The molecular formula is C12H18N2O5. The highest BCUT2D eigenvalue weighted by Gasteiger charge is 2.10. The summed E-state index contributed by atoms with van der Waals surface area (Å²) in [5, 5.41) is 33.5. The van der Waals surface area contributed by atoms with Crippen molar-refractivity contribution in [2.45, 2.75) is 6.54 Å². The molecule has 19 heavy (non-hydrogen) atoms. The zero-order valence-corrected chi connectivity index (χ0v) is 10.6. The zero-order chi connectivity index (χ0) is 14.3. The van der Waals surface area contributed by atoms with Crippen LogP contribution in [-0.2, 0) is 16.1 Å². The van der Waals surface area contributed by atoms with E-state index in [-0.39, 0.29) is 19.0 Å². The van der Waals surface area contributed by atoms with Gasteiger partial charge in [-0.05, 0) is 6.07 Å². The summed E-state index contributed by atoms with van der Waals surface area (Å²) >= 11 is 0. The quantitative estimate of drug-likeness (QED) is 0.342. The van der Waals surface area contributed by atoms with Crippen LogP contribution < -0.4 is 10.6 Å². The molecule has 1 aromatic carbocycles. The summed E-state index contributed by atoms with van der Waals surface area (Å²) in [5.74, 6) is -1.55. The molecule has 7 nitrogen and oxygen atoms in total. The molecule has 7 heteroatoms. The van der Waals surface area contributed by atoms with Crippen LogP contribution in [0.2, 0.25) is 0 Å². The van der Waals surface area contributed by atoms with Crippen molar-refractivity contribution in [3.05, 3.63) is 17.7 Å². The fraction of sp³-hybridized carbons (Fsp3) is 0.417. The van der Waals surface area contributed by atoms with E-state index in [1.165, 1.54) is 12.1 Å². The predicted molar refractivity (Wildman–Crippen MR) is 68.0 cm³/mol. The first-order valence-corrected chi connectivity index (χ1v) is 5.75. The Morgan fingerprint density at radius 3 is 2.68 bits per heavy atom. The van der Waals surface area contributed by atoms with Crippen LogP contribution in [0.4, 0.5) is 0 Å². The molecule has 0 aliphatic rings. The lowest BCUT2D eigenvalue weighted by Crippen LogP contribution is -2.35. The number of amides is 1. The molecule has 0 unspecified atom stereocenters. The third kappa shape index (κ3) is 4.65. The second kappa shape index (κ2) is 7.45. The molecule has 0 bridgehead atoms. The van der Waals surface area contributed by atoms with Crippen LogP contribution in [0.15, 0.2) is 12.1 Å². The van der Waals surface area contributed by atoms with Gasteiger partial charge in [0.05, 0.1) is 13.2 Å². The zero-order valence-electron chi connectivity index (χ0n) is 10.6. The van der Waals surface area contributed by atoms with Crippen molar-refractivity contribution in [2.75, 3.05) is 26.8 Å². The molecule has 0 saturated heterocycles. The van der Waals surface area contributed by atoms with Crippen molar-refractivity contribution in [3.63, 3.8) is 0 Å². The maximum Gasteiger partial charge on any atom is 0.234 e. The smallest absolute Gasteiger partial charge is 0.234 e. The van der Waals surface area contributed by atoms with Gasteiger partial charge >= 0.3 is 0 Å². The van der Waals surface area contributed by atoms with E-state index in [9.17, 15) is 15.0 Å². The monoisotopic (exact) mass is 270 g/mol. The first-order valence-electron chi connectivity index (χ1n) is 5.75. The molecule has 5 N–H and O–H groups in total. The lowest BCUT2D eigenvalue weighted by molar-refractivity contribution is -0.120. The molecule has 0 saturated carbocycles. The number of hydrogen-bond acceptors (Lipinski definition) is 6. The highest BCUT2D eigenvalue weighted by atomic mass is 16.5. The summed E-state index contributed by atoms with van der Waals surface area (Å²) < 4.78 is 4.79. The summed E-state index contributed by atoms with van der Waals surface area (Å²) in [5.41, 5.74) is 0.389. The molecule has 0 heterocycles. The summed E-state index contributed by atoms with van der Waals surface area (Å²) in [6, 6.07) is 2.73. The number of carbonyl (C=O) groups excluding carboxylic acids is 1. The molecule has 0 fully saturated rings. The van der Waals surface area contributed by atoms with Crippen molar-refractivity contribution in [1.82, 2.24) is 10.6 Å². The number of nitrogens with one attached hydrogen (secondary N) is 2. The molecule has 0 atom stereocenters. The largest absolute Gasteiger partial charge is 0.504 e. The fourth-order valence-electron chi connectivity index (χ4n) is 1.42. The van der Waals surface area contributed by atoms with Gasteiger partial charge in [0.2, 0.25) is 11.7 Å². The maximum atomic E-state index is 11.3. The Morgan fingerprint density at radius 1 is 1.26 bits per heavy atom. The number of methoxy groups -OCH3 is 1. The molecule has 0 aromatic heterocycles. The molecule has 1 rings (SSSR count). The Kier molecular flexibility index (Phi) is 5.91. The molecule has 1 amide bonds.